The molecule has 2 aromatic heterocycles. The fourth-order valence-corrected chi connectivity index (χ4v) is 5.78. The Balaban J connectivity index is 1.62. The third kappa shape index (κ3) is 4.30. The summed E-state index contributed by atoms with van der Waals surface area (Å²) in [7, 11) is 0. The number of ketones is 1. The quantitative estimate of drug-likeness (QED) is 0.126. The predicted molar refractivity (Wildman–Crippen MR) is 138 cm³/mol. The lowest BCUT2D eigenvalue weighted by Gasteiger charge is -2.12. The van der Waals surface area contributed by atoms with Gasteiger partial charge in [-0.2, -0.15) is 11.3 Å². The van der Waals surface area contributed by atoms with Crippen molar-refractivity contribution in [1.29, 1.82) is 0 Å². The summed E-state index contributed by atoms with van der Waals surface area (Å²) in [5.41, 5.74) is 5.40. The van der Waals surface area contributed by atoms with Crippen LogP contribution in [0.25, 0.3) is 21.8 Å². The number of thiophene rings is 1. The van der Waals surface area contributed by atoms with Crippen LogP contribution < -0.4 is 0 Å². The molecule has 1 fully saturated rings. The Kier molecular flexibility index (Phi) is 6.33. The average Bonchev–Trinajstić information content (AvgIpc) is 3.61. The molecule has 0 amide bonds. The Morgan fingerprint density at radius 3 is 2.29 bits per heavy atom. The number of carbonyl (C=O) groups excluding carboxylic acids is 2. The molecule has 0 saturated heterocycles. The highest BCUT2D eigenvalue weighted by Crippen LogP contribution is 2.33. The zero-order valence-corrected chi connectivity index (χ0v) is 20.4. The van der Waals surface area contributed by atoms with Crippen molar-refractivity contribution < 1.29 is 14.4 Å². The molecule has 2 aromatic carbocycles. The van der Waals surface area contributed by atoms with Gasteiger partial charge >= 0.3 is 5.97 Å². The highest BCUT2D eigenvalue weighted by Gasteiger charge is 2.21. The summed E-state index contributed by atoms with van der Waals surface area (Å²) in [5, 5.41) is 10.2. The first-order chi connectivity index (χ1) is 16.5. The van der Waals surface area contributed by atoms with Gasteiger partial charge in [0.05, 0.1) is 5.71 Å². The molecule has 1 aliphatic carbocycles. The van der Waals surface area contributed by atoms with E-state index in [1.54, 1.807) is 0 Å². The van der Waals surface area contributed by atoms with Crippen molar-refractivity contribution >= 4 is 50.6 Å². The maximum Gasteiger partial charge on any atom is 0.331 e. The molecule has 0 unspecified atom stereocenters. The summed E-state index contributed by atoms with van der Waals surface area (Å²) in [6, 6.07) is 14.2. The first kappa shape index (κ1) is 22.5. The molecule has 0 radical (unpaired) electrons. The van der Waals surface area contributed by atoms with E-state index >= 15 is 0 Å². The third-order valence-electron chi connectivity index (χ3n) is 6.80. The van der Waals surface area contributed by atoms with Crippen molar-refractivity contribution in [3.8, 4) is 0 Å². The fourth-order valence-electron chi connectivity index (χ4n) is 5.14. The number of rotatable bonds is 7. The lowest BCUT2D eigenvalue weighted by Crippen LogP contribution is -2.09. The smallest absolute Gasteiger partial charge is 0.331 e. The van der Waals surface area contributed by atoms with Crippen LogP contribution in [0.2, 0.25) is 0 Å². The van der Waals surface area contributed by atoms with Crippen LogP contribution in [0.1, 0.15) is 67.4 Å². The van der Waals surface area contributed by atoms with Gasteiger partial charge in [-0.15, -0.1) is 0 Å². The van der Waals surface area contributed by atoms with Crippen molar-refractivity contribution in [2.24, 2.45) is 11.1 Å². The minimum atomic E-state index is -0.413. The molecule has 0 bridgehead atoms. The first-order valence-electron chi connectivity index (χ1n) is 11.9. The number of hydrogen-bond donors (Lipinski definition) is 0. The number of nitrogens with zero attached hydrogens (tertiary/aromatic N) is 2. The molecule has 1 saturated carbocycles. The Bertz CT molecular complexity index is 1390. The highest BCUT2D eigenvalue weighted by molar-refractivity contribution is 7.08. The van der Waals surface area contributed by atoms with Gasteiger partial charge in [0.25, 0.3) is 0 Å². The molecular formula is C28H28N2O3S. The topological polar surface area (TPSA) is 60.7 Å². The van der Waals surface area contributed by atoms with E-state index in [9.17, 15) is 9.59 Å². The molecule has 0 atom stereocenters. The number of hydrogen-bond acceptors (Lipinski definition) is 5. The highest BCUT2D eigenvalue weighted by atomic mass is 32.1. The lowest BCUT2D eigenvalue weighted by atomic mass is 9.95. The number of aryl methyl sites for hydroxylation is 1. The summed E-state index contributed by atoms with van der Waals surface area (Å²) in [4.78, 5) is 29.6. The van der Waals surface area contributed by atoms with Crippen LogP contribution in [-0.2, 0) is 16.2 Å². The van der Waals surface area contributed by atoms with E-state index in [0.29, 0.717) is 11.5 Å². The summed E-state index contributed by atoms with van der Waals surface area (Å²) >= 11 is 1.53. The van der Waals surface area contributed by atoms with Crippen molar-refractivity contribution in [2.45, 2.75) is 52.5 Å². The average molecular weight is 473 g/mol. The van der Waals surface area contributed by atoms with E-state index < -0.39 is 5.97 Å². The largest absolute Gasteiger partial charge is 0.341 e. The first-order valence-corrected chi connectivity index (χ1v) is 12.9. The van der Waals surface area contributed by atoms with Crippen molar-refractivity contribution in [1.82, 2.24) is 4.57 Å². The van der Waals surface area contributed by atoms with Gasteiger partial charge in [-0.25, -0.2) is 4.79 Å². The van der Waals surface area contributed by atoms with Gasteiger partial charge in [-0.05, 0) is 61.0 Å². The van der Waals surface area contributed by atoms with Crippen molar-refractivity contribution in [2.75, 3.05) is 0 Å². The molecule has 0 aliphatic heterocycles. The predicted octanol–water partition coefficient (Wildman–Crippen LogP) is 6.95. The summed E-state index contributed by atoms with van der Waals surface area (Å²) in [6.45, 7) is 4.33. The molecule has 174 valence electrons. The maximum absolute atomic E-state index is 13.0. The molecule has 34 heavy (non-hydrogen) atoms. The van der Waals surface area contributed by atoms with Gasteiger partial charge in [0, 0.05) is 57.3 Å². The Labute approximate surface area is 203 Å². The van der Waals surface area contributed by atoms with Crippen LogP contribution in [0.15, 0.2) is 58.4 Å². The number of carbonyl (C=O) groups is 2. The molecule has 5 rings (SSSR count). The van der Waals surface area contributed by atoms with E-state index in [-0.39, 0.29) is 5.78 Å². The Morgan fingerprint density at radius 2 is 1.68 bits per heavy atom. The van der Waals surface area contributed by atoms with Gasteiger partial charge < -0.3 is 9.40 Å². The van der Waals surface area contributed by atoms with Gasteiger partial charge in [0.15, 0.2) is 5.78 Å². The minimum absolute atomic E-state index is 0.0371. The molecule has 5 nitrogen and oxygen atoms in total. The Hall–Kier alpha value is -3.25. The lowest BCUT2D eigenvalue weighted by molar-refractivity contribution is -0.140. The zero-order valence-electron chi connectivity index (χ0n) is 19.5. The second kappa shape index (κ2) is 9.55. The summed E-state index contributed by atoms with van der Waals surface area (Å²) in [6.07, 6.45) is 5.66. The number of aromatic nitrogens is 1. The molecule has 4 aromatic rings. The minimum Gasteiger partial charge on any atom is -0.341 e. The van der Waals surface area contributed by atoms with E-state index in [2.05, 4.69) is 34.8 Å². The van der Waals surface area contributed by atoms with Crippen LogP contribution >= 0.6 is 11.3 Å². The normalized spacial score (nSPS) is 14.8. The second-order valence-corrected chi connectivity index (χ2v) is 9.80. The summed E-state index contributed by atoms with van der Waals surface area (Å²) < 4.78 is 2.27. The fraction of sp³-hybridized carbons (Fsp3) is 0.321. The van der Waals surface area contributed by atoms with E-state index in [1.807, 2.05) is 35.0 Å². The number of oxime groups is 1. The maximum atomic E-state index is 13.0. The monoisotopic (exact) mass is 472 g/mol. The van der Waals surface area contributed by atoms with Gasteiger partial charge in [0.1, 0.15) is 0 Å². The SMILES string of the molecule is CCn1c2ccc(C(=O)c3ccsc3)cc2c2cc(/C(CC3CCCC3)=N\OC(C)=O)ccc21. The molecule has 2 heterocycles. The molecule has 1 aliphatic rings. The molecule has 0 N–H and O–H groups in total. The molecular weight excluding hydrogens is 444 g/mol. The molecule has 0 spiro atoms. The van der Waals surface area contributed by atoms with Crippen LogP contribution in [0.3, 0.4) is 0 Å². The third-order valence-corrected chi connectivity index (χ3v) is 7.48. The Morgan fingerprint density at radius 1 is 1.00 bits per heavy atom. The van der Waals surface area contributed by atoms with E-state index in [1.165, 1.54) is 43.9 Å². The standard InChI is InChI=1S/C28H28N2O3S/c1-3-30-26-10-8-20(25(29-33-18(2)31)14-19-6-4-5-7-19)15-23(26)24-16-21(9-11-27(24)30)28(32)22-12-13-34-17-22/h8-13,15-17,19H,3-7,14H2,1-2H3/b29-25-. The second-order valence-electron chi connectivity index (χ2n) is 9.02. The van der Waals surface area contributed by atoms with Crippen LogP contribution in [0.5, 0.6) is 0 Å². The summed E-state index contributed by atoms with van der Waals surface area (Å²) in [5.74, 6) is 0.191. The van der Waals surface area contributed by atoms with E-state index in [0.717, 1.165) is 51.6 Å². The van der Waals surface area contributed by atoms with Crippen molar-refractivity contribution in [3.63, 3.8) is 0 Å². The van der Waals surface area contributed by atoms with Crippen LogP contribution in [0, 0.1) is 5.92 Å². The number of fused-ring (bicyclic) bond motifs is 3. The van der Waals surface area contributed by atoms with Gasteiger partial charge in [-0.1, -0.05) is 36.9 Å². The van der Waals surface area contributed by atoms with Gasteiger partial charge in [-0.3, -0.25) is 4.79 Å². The molecule has 6 heteroatoms. The number of benzene rings is 2. The van der Waals surface area contributed by atoms with Gasteiger partial charge in [0.2, 0.25) is 0 Å². The zero-order chi connectivity index (χ0) is 23.7. The van der Waals surface area contributed by atoms with E-state index in [4.69, 9.17) is 4.84 Å². The van der Waals surface area contributed by atoms with Crippen LogP contribution in [-0.4, -0.2) is 22.0 Å². The van der Waals surface area contributed by atoms with Crippen molar-refractivity contribution in [3.05, 3.63) is 69.9 Å². The van der Waals surface area contributed by atoms with Crippen LogP contribution in [0.4, 0.5) is 0 Å².